The van der Waals surface area contributed by atoms with E-state index in [9.17, 15) is 4.79 Å². The van der Waals surface area contributed by atoms with Gasteiger partial charge >= 0.3 is 0 Å². The minimum Gasteiger partial charge on any atom is -0.379 e. The molecule has 0 aliphatic carbocycles. The average Bonchev–Trinajstić information content (AvgIpc) is 2.85. The molecule has 3 nitrogen and oxygen atoms in total. The summed E-state index contributed by atoms with van der Waals surface area (Å²) in [7, 11) is 0. The molecule has 19 heavy (non-hydrogen) atoms. The summed E-state index contributed by atoms with van der Waals surface area (Å²) in [6.45, 7) is 5.01. The molecule has 2 aliphatic heterocycles. The molecule has 0 radical (unpaired) electrons. The first-order chi connectivity index (χ1) is 9.17. The van der Waals surface area contributed by atoms with E-state index in [0.717, 1.165) is 25.9 Å². The fourth-order valence-corrected chi connectivity index (χ4v) is 3.04. The van der Waals surface area contributed by atoms with Crippen molar-refractivity contribution in [2.24, 2.45) is 11.3 Å². The molecular formula is C16H21NO2. The molecule has 1 amide bonds. The van der Waals surface area contributed by atoms with Gasteiger partial charge in [-0.2, -0.15) is 0 Å². The predicted octanol–water partition coefficient (Wildman–Crippen LogP) is 2.11. The maximum atomic E-state index is 12.4. The molecule has 1 aromatic carbocycles. The number of hydrogen-bond acceptors (Lipinski definition) is 2. The van der Waals surface area contributed by atoms with Crippen molar-refractivity contribution in [3.63, 3.8) is 0 Å². The van der Waals surface area contributed by atoms with Gasteiger partial charge in [-0.3, -0.25) is 4.79 Å². The zero-order chi connectivity index (χ0) is 13.3. The van der Waals surface area contributed by atoms with E-state index in [2.05, 4.69) is 24.3 Å². The van der Waals surface area contributed by atoms with Crippen LogP contribution in [0.15, 0.2) is 30.3 Å². The van der Waals surface area contributed by atoms with Crippen LogP contribution in [0.25, 0.3) is 0 Å². The van der Waals surface area contributed by atoms with Crippen LogP contribution in [-0.4, -0.2) is 37.1 Å². The summed E-state index contributed by atoms with van der Waals surface area (Å²) in [5, 5.41) is 0. The van der Waals surface area contributed by atoms with E-state index in [0.29, 0.717) is 19.1 Å². The quantitative estimate of drug-likeness (QED) is 0.832. The van der Waals surface area contributed by atoms with Crippen molar-refractivity contribution in [3.8, 4) is 0 Å². The van der Waals surface area contributed by atoms with Crippen molar-refractivity contribution >= 4 is 5.91 Å². The molecule has 2 aliphatic rings. The second kappa shape index (κ2) is 4.97. The van der Waals surface area contributed by atoms with E-state index in [1.165, 1.54) is 5.56 Å². The Labute approximate surface area is 114 Å². The largest absolute Gasteiger partial charge is 0.379 e. The van der Waals surface area contributed by atoms with Crippen LogP contribution >= 0.6 is 0 Å². The zero-order valence-electron chi connectivity index (χ0n) is 11.5. The van der Waals surface area contributed by atoms with Crippen LogP contribution in [0.1, 0.15) is 18.9 Å². The molecule has 102 valence electrons. The number of amides is 1. The summed E-state index contributed by atoms with van der Waals surface area (Å²) >= 11 is 0. The summed E-state index contributed by atoms with van der Waals surface area (Å²) in [4.78, 5) is 14.4. The van der Waals surface area contributed by atoms with Crippen LogP contribution in [0.4, 0.5) is 0 Å². The van der Waals surface area contributed by atoms with E-state index < -0.39 is 0 Å². The van der Waals surface area contributed by atoms with Crippen LogP contribution < -0.4 is 0 Å². The first kappa shape index (κ1) is 12.7. The first-order valence-electron chi connectivity index (χ1n) is 7.08. The van der Waals surface area contributed by atoms with Gasteiger partial charge in [0.15, 0.2) is 0 Å². The Hall–Kier alpha value is -1.35. The van der Waals surface area contributed by atoms with Crippen molar-refractivity contribution in [2.45, 2.75) is 19.8 Å². The Kier molecular flexibility index (Phi) is 3.31. The highest BCUT2D eigenvalue weighted by Gasteiger charge is 2.44. The lowest BCUT2D eigenvalue weighted by Gasteiger charge is -2.39. The van der Waals surface area contributed by atoms with Crippen molar-refractivity contribution in [1.29, 1.82) is 0 Å². The third kappa shape index (κ3) is 2.52. The van der Waals surface area contributed by atoms with Crippen LogP contribution in [0.5, 0.6) is 0 Å². The maximum absolute atomic E-state index is 12.4. The Morgan fingerprint density at radius 2 is 2.11 bits per heavy atom. The summed E-state index contributed by atoms with van der Waals surface area (Å²) in [6.07, 6.45) is 2.20. The SMILES string of the molecule is CC1(C(=O)N2CCC(Cc3ccccc3)C2)COC1. The molecule has 0 bridgehead atoms. The van der Waals surface area contributed by atoms with E-state index in [1.54, 1.807) is 0 Å². The van der Waals surface area contributed by atoms with Gasteiger partial charge in [0.05, 0.1) is 18.6 Å². The van der Waals surface area contributed by atoms with Gasteiger partial charge in [0.1, 0.15) is 0 Å². The highest BCUT2D eigenvalue weighted by atomic mass is 16.5. The number of carbonyl (C=O) groups excluding carboxylic acids is 1. The lowest BCUT2D eigenvalue weighted by Crippen LogP contribution is -2.52. The standard InChI is InChI=1S/C16H21NO2/c1-16(11-19-12-16)15(18)17-8-7-14(10-17)9-13-5-3-2-4-6-13/h2-6,14H,7-12H2,1H3. The summed E-state index contributed by atoms with van der Waals surface area (Å²) in [5.41, 5.74) is 1.13. The van der Waals surface area contributed by atoms with Crippen LogP contribution in [0.3, 0.4) is 0 Å². The van der Waals surface area contributed by atoms with Gasteiger partial charge in [-0.15, -0.1) is 0 Å². The highest BCUT2D eigenvalue weighted by molar-refractivity contribution is 5.83. The Morgan fingerprint density at radius 1 is 1.37 bits per heavy atom. The second-order valence-corrected chi connectivity index (χ2v) is 6.15. The van der Waals surface area contributed by atoms with Gasteiger partial charge in [-0.1, -0.05) is 30.3 Å². The van der Waals surface area contributed by atoms with Gasteiger partial charge in [-0.05, 0) is 31.2 Å². The smallest absolute Gasteiger partial charge is 0.233 e. The number of nitrogens with zero attached hydrogens (tertiary/aromatic N) is 1. The highest BCUT2D eigenvalue weighted by Crippen LogP contribution is 2.32. The molecule has 0 saturated carbocycles. The minimum atomic E-state index is -0.248. The number of carbonyl (C=O) groups is 1. The zero-order valence-corrected chi connectivity index (χ0v) is 11.5. The lowest BCUT2D eigenvalue weighted by atomic mass is 9.87. The van der Waals surface area contributed by atoms with E-state index in [1.807, 2.05) is 17.9 Å². The molecule has 0 aromatic heterocycles. The van der Waals surface area contributed by atoms with Gasteiger partial charge in [0, 0.05) is 13.1 Å². The Balaban J connectivity index is 1.57. The molecule has 2 fully saturated rings. The first-order valence-corrected chi connectivity index (χ1v) is 7.08. The fraction of sp³-hybridized carbons (Fsp3) is 0.562. The molecule has 2 heterocycles. The van der Waals surface area contributed by atoms with Crippen LogP contribution in [0.2, 0.25) is 0 Å². The Bertz CT molecular complexity index is 453. The van der Waals surface area contributed by atoms with Crippen molar-refractivity contribution < 1.29 is 9.53 Å². The lowest BCUT2D eigenvalue weighted by molar-refractivity contribution is -0.167. The maximum Gasteiger partial charge on any atom is 0.233 e. The van der Waals surface area contributed by atoms with Gasteiger partial charge < -0.3 is 9.64 Å². The third-order valence-electron chi connectivity index (χ3n) is 4.30. The number of likely N-dealkylation sites (tertiary alicyclic amines) is 1. The Morgan fingerprint density at radius 3 is 2.74 bits per heavy atom. The normalized spacial score (nSPS) is 25.1. The molecule has 3 rings (SSSR count). The summed E-state index contributed by atoms with van der Waals surface area (Å²) in [6, 6.07) is 10.6. The number of benzene rings is 1. The molecule has 1 unspecified atom stereocenters. The molecule has 3 heteroatoms. The van der Waals surface area contributed by atoms with Crippen LogP contribution in [-0.2, 0) is 16.0 Å². The van der Waals surface area contributed by atoms with E-state index >= 15 is 0 Å². The van der Waals surface area contributed by atoms with Gasteiger partial charge in [0.25, 0.3) is 0 Å². The molecular weight excluding hydrogens is 238 g/mol. The topological polar surface area (TPSA) is 29.5 Å². The number of ether oxygens (including phenoxy) is 1. The van der Waals surface area contributed by atoms with Gasteiger partial charge in [-0.25, -0.2) is 0 Å². The average molecular weight is 259 g/mol. The second-order valence-electron chi connectivity index (χ2n) is 6.15. The predicted molar refractivity (Wildman–Crippen MR) is 73.8 cm³/mol. The number of hydrogen-bond donors (Lipinski definition) is 0. The minimum absolute atomic E-state index is 0.248. The summed E-state index contributed by atoms with van der Waals surface area (Å²) < 4.78 is 5.19. The van der Waals surface area contributed by atoms with E-state index in [-0.39, 0.29) is 11.3 Å². The molecule has 1 atom stereocenters. The fourth-order valence-electron chi connectivity index (χ4n) is 3.04. The molecule has 1 aromatic rings. The van der Waals surface area contributed by atoms with Gasteiger partial charge in [0.2, 0.25) is 5.91 Å². The van der Waals surface area contributed by atoms with Crippen LogP contribution in [0, 0.1) is 11.3 Å². The summed E-state index contributed by atoms with van der Waals surface area (Å²) in [5.74, 6) is 0.894. The van der Waals surface area contributed by atoms with E-state index in [4.69, 9.17) is 4.74 Å². The number of rotatable bonds is 3. The molecule has 0 N–H and O–H groups in total. The molecule has 0 spiro atoms. The monoisotopic (exact) mass is 259 g/mol. The van der Waals surface area contributed by atoms with Crippen molar-refractivity contribution in [1.82, 2.24) is 4.90 Å². The third-order valence-corrected chi connectivity index (χ3v) is 4.30. The van der Waals surface area contributed by atoms with Crippen molar-refractivity contribution in [3.05, 3.63) is 35.9 Å². The molecule has 2 saturated heterocycles. The van der Waals surface area contributed by atoms with Crippen molar-refractivity contribution in [2.75, 3.05) is 26.3 Å².